The van der Waals surface area contributed by atoms with Gasteiger partial charge in [-0.3, -0.25) is 9.59 Å². The van der Waals surface area contributed by atoms with Crippen molar-refractivity contribution >= 4 is 11.8 Å². The highest BCUT2D eigenvalue weighted by molar-refractivity contribution is 5.87. The van der Waals surface area contributed by atoms with E-state index in [4.69, 9.17) is 0 Å². The van der Waals surface area contributed by atoms with Gasteiger partial charge in [-0.15, -0.1) is 0 Å². The molecule has 2 aliphatic heterocycles. The van der Waals surface area contributed by atoms with Gasteiger partial charge in [-0.05, 0) is 37.2 Å². The maximum atomic E-state index is 12.7. The van der Waals surface area contributed by atoms with Crippen LogP contribution in [0.1, 0.15) is 44.1 Å². The van der Waals surface area contributed by atoms with Crippen molar-refractivity contribution in [3.05, 3.63) is 35.9 Å². The molecule has 2 heterocycles. The average molecular weight is 300 g/mol. The zero-order valence-electron chi connectivity index (χ0n) is 13.2. The van der Waals surface area contributed by atoms with Gasteiger partial charge in [-0.1, -0.05) is 30.3 Å². The van der Waals surface area contributed by atoms with Gasteiger partial charge >= 0.3 is 0 Å². The summed E-state index contributed by atoms with van der Waals surface area (Å²) >= 11 is 0. The molecule has 0 aromatic heterocycles. The molecule has 1 aromatic rings. The summed E-state index contributed by atoms with van der Waals surface area (Å²) in [5.74, 6) is 0.729. The van der Waals surface area contributed by atoms with Gasteiger partial charge in [0.1, 0.15) is 6.04 Å². The molecule has 4 nitrogen and oxygen atoms in total. The Kier molecular flexibility index (Phi) is 4.46. The van der Waals surface area contributed by atoms with Crippen LogP contribution in [0.4, 0.5) is 0 Å². The molecule has 2 aliphatic rings. The number of carbonyl (C=O) groups is 2. The molecular formula is C18H24N2O2. The van der Waals surface area contributed by atoms with Gasteiger partial charge in [-0.2, -0.15) is 0 Å². The normalized spacial score (nSPS) is 22.9. The lowest BCUT2D eigenvalue weighted by atomic mass is 9.89. The summed E-state index contributed by atoms with van der Waals surface area (Å²) in [6.07, 6.45) is 3.79. The van der Waals surface area contributed by atoms with Crippen molar-refractivity contribution < 1.29 is 9.59 Å². The predicted octanol–water partition coefficient (Wildman–Crippen LogP) is 2.40. The van der Waals surface area contributed by atoms with Crippen LogP contribution in [-0.4, -0.2) is 47.3 Å². The van der Waals surface area contributed by atoms with Gasteiger partial charge in [0.15, 0.2) is 0 Å². The Morgan fingerprint density at radius 3 is 2.32 bits per heavy atom. The molecule has 0 saturated carbocycles. The van der Waals surface area contributed by atoms with Gasteiger partial charge in [0.05, 0.1) is 0 Å². The molecule has 2 amide bonds. The number of hydrogen-bond acceptors (Lipinski definition) is 2. The second kappa shape index (κ2) is 6.51. The molecule has 0 bridgehead atoms. The summed E-state index contributed by atoms with van der Waals surface area (Å²) in [5, 5.41) is 0. The maximum absolute atomic E-state index is 12.7. The summed E-state index contributed by atoms with van der Waals surface area (Å²) in [4.78, 5) is 28.0. The topological polar surface area (TPSA) is 40.6 Å². The Morgan fingerprint density at radius 1 is 1.00 bits per heavy atom. The molecule has 1 atom stereocenters. The Labute approximate surface area is 132 Å². The Morgan fingerprint density at radius 2 is 1.68 bits per heavy atom. The van der Waals surface area contributed by atoms with E-state index >= 15 is 0 Å². The molecule has 2 saturated heterocycles. The quantitative estimate of drug-likeness (QED) is 0.841. The number of benzene rings is 1. The molecule has 0 N–H and O–H groups in total. The fourth-order valence-electron chi connectivity index (χ4n) is 3.77. The highest BCUT2D eigenvalue weighted by Gasteiger charge is 2.36. The minimum atomic E-state index is -0.217. The van der Waals surface area contributed by atoms with E-state index in [0.717, 1.165) is 45.3 Å². The van der Waals surface area contributed by atoms with E-state index < -0.39 is 0 Å². The molecular weight excluding hydrogens is 276 g/mol. The van der Waals surface area contributed by atoms with Crippen LogP contribution in [0.3, 0.4) is 0 Å². The van der Waals surface area contributed by atoms with E-state index in [-0.39, 0.29) is 17.9 Å². The number of carbonyl (C=O) groups excluding carboxylic acids is 2. The van der Waals surface area contributed by atoms with Crippen molar-refractivity contribution in [2.75, 3.05) is 19.6 Å². The first-order valence-electron chi connectivity index (χ1n) is 8.28. The molecule has 0 aliphatic carbocycles. The first-order chi connectivity index (χ1) is 10.7. The van der Waals surface area contributed by atoms with Crippen LogP contribution < -0.4 is 0 Å². The number of hydrogen-bond donors (Lipinski definition) is 0. The fraction of sp³-hybridized carbons (Fsp3) is 0.556. The summed E-state index contributed by atoms with van der Waals surface area (Å²) in [5.41, 5.74) is 1.38. The third-order valence-electron chi connectivity index (χ3n) is 5.02. The monoisotopic (exact) mass is 300 g/mol. The van der Waals surface area contributed by atoms with Gasteiger partial charge in [0.2, 0.25) is 11.8 Å². The molecule has 0 radical (unpaired) electrons. The van der Waals surface area contributed by atoms with Crippen molar-refractivity contribution in [3.63, 3.8) is 0 Å². The second-order valence-corrected chi connectivity index (χ2v) is 6.38. The van der Waals surface area contributed by atoms with E-state index in [0.29, 0.717) is 5.92 Å². The molecule has 22 heavy (non-hydrogen) atoms. The van der Waals surface area contributed by atoms with E-state index in [1.165, 1.54) is 5.56 Å². The zero-order chi connectivity index (χ0) is 15.5. The van der Waals surface area contributed by atoms with Crippen LogP contribution in [-0.2, 0) is 9.59 Å². The summed E-state index contributed by atoms with van der Waals surface area (Å²) < 4.78 is 0. The smallest absolute Gasteiger partial charge is 0.245 e. The minimum absolute atomic E-state index is 0.0232. The predicted molar refractivity (Wildman–Crippen MR) is 85.4 cm³/mol. The van der Waals surface area contributed by atoms with Crippen molar-refractivity contribution in [1.82, 2.24) is 9.80 Å². The number of amides is 2. The first kappa shape index (κ1) is 15.1. The number of rotatable bonds is 2. The van der Waals surface area contributed by atoms with E-state index in [1.54, 1.807) is 11.8 Å². The molecule has 2 fully saturated rings. The molecule has 1 aromatic carbocycles. The van der Waals surface area contributed by atoms with Crippen molar-refractivity contribution in [3.8, 4) is 0 Å². The molecule has 4 heteroatoms. The maximum Gasteiger partial charge on any atom is 0.245 e. The van der Waals surface area contributed by atoms with Crippen LogP contribution in [0.2, 0.25) is 0 Å². The Bertz CT molecular complexity index is 535. The van der Waals surface area contributed by atoms with Crippen LogP contribution in [0.25, 0.3) is 0 Å². The number of likely N-dealkylation sites (tertiary alicyclic amines) is 2. The van der Waals surface area contributed by atoms with Crippen LogP contribution in [0, 0.1) is 0 Å². The first-order valence-corrected chi connectivity index (χ1v) is 8.28. The van der Waals surface area contributed by atoms with Gasteiger partial charge < -0.3 is 9.80 Å². The second-order valence-electron chi connectivity index (χ2n) is 6.38. The minimum Gasteiger partial charge on any atom is -0.341 e. The van der Waals surface area contributed by atoms with Crippen LogP contribution in [0.5, 0.6) is 0 Å². The standard InChI is InChI=1S/C18H24N2O2/c1-14(21)20-11-5-8-17(20)18(22)19-12-9-16(10-13-19)15-6-3-2-4-7-15/h2-4,6-7,16-17H,5,8-13H2,1H3/t17-/m0/s1. The van der Waals surface area contributed by atoms with Crippen molar-refractivity contribution in [1.29, 1.82) is 0 Å². The Hall–Kier alpha value is -1.84. The number of nitrogens with zero attached hydrogens (tertiary/aromatic N) is 2. The Balaban J connectivity index is 1.59. The van der Waals surface area contributed by atoms with Gasteiger partial charge in [-0.25, -0.2) is 0 Å². The summed E-state index contributed by atoms with van der Waals surface area (Å²) in [6, 6.07) is 10.3. The summed E-state index contributed by atoms with van der Waals surface area (Å²) in [7, 11) is 0. The zero-order valence-corrected chi connectivity index (χ0v) is 13.2. The van der Waals surface area contributed by atoms with Crippen molar-refractivity contribution in [2.24, 2.45) is 0 Å². The molecule has 118 valence electrons. The average Bonchev–Trinajstić information content (AvgIpc) is 3.05. The van der Waals surface area contributed by atoms with Gasteiger partial charge in [0.25, 0.3) is 0 Å². The van der Waals surface area contributed by atoms with E-state index in [2.05, 4.69) is 24.3 Å². The largest absolute Gasteiger partial charge is 0.341 e. The lowest BCUT2D eigenvalue weighted by molar-refractivity contribution is -0.143. The third kappa shape index (κ3) is 3.01. The highest BCUT2D eigenvalue weighted by Crippen LogP contribution is 2.29. The fourth-order valence-corrected chi connectivity index (χ4v) is 3.77. The van der Waals surface area contributed by atoms with Crippen LogP contribution in [0.15, 0.2) is 30.3 Å². The third-order valence-corrected chi connectivity index (χ3v) is 5.02. The van der Waals surface area contributed by atoms with E-state index in [9.17, 15) is 9.59 Å². The highest BCUT2D eigenvalue weighted by atomic mass is 16.2. The molecule has 0 spiro atoms. The van der Waals surface area contributed by atoms with Crippen molar-refractivity contribution in [2.45, 2.75) is 44.6 Å². The number of piperidine rings is 1. The van der Waals surface area contributed by atoms with E-state index in [1.807, 2.05) is 11.0 Å². The molecule has 0 unspecified atom stereocenters. The SMILES string of the molecule is CC(=O)N1CCC[C@H]1C(=O)N1CCC(c2ccccc2)CC1. The molecule has 3 rings (SSSR count). The van der Waals surface area contributed by atoms with Gasteiger partial charge in [0, 0.05) is 26.6 Å². The summed E-state index contributed by atoms with van der Waals surface area (Å²) in [6.45, 7) is 3.90. The van der Waals surface area contributed by atoms with Crippen LogP contribution >= 0.6 is 0 Å². The lowest BCUT2D eigenvalue weighted by Crippen LogP contribution is -2.49. The lowest BCUT2D eigenvalue weighted by Gasteiger charge is -2.35.